The summed E-state index contributed by atoms with van der Waals surface area (Å²) in [5.41, 5.74) is 8.73. The van der Waals surface area contributed by atoms with Gasteiger partial charge in [0.2, 0.25) is 17.7 Å². The Kier molecular flexibility index (Phi) is 13.1. The maximum absolute atomic E-state index is 14.1. The maximum Gasteiger partial charge on any atom is 0.242 e. The molecule has 1 aliphatic heterocycles. The molecular weight excluding hydrogens is 653 g/mol. The number of nitrogens with two attached hydrogens (primary N) is 1. The molecule has 0 unspecified atom stereocenters. The molecular formula is C42H62N6O4. The van der Waals surface area contributed by atoms with E-state index >= 15 is 0 Å². The monoisotopic (exact) mass is 714 g/mol. The molecule has 1 saturated carbocycles. The molecule has 5 rings (SSSR count). The van der Waals surface area contributed by atoms with E-state index in [1.807, 2.05) is 50.2 Å². The van der Waals surface area contributed by atoms with Crippen molar-refractivity contribution in [2.24, 2.45) is 28.5 Å². The van der Waals surface area contributed by atoms with Gasteiger partial charge in [0.15, 0.2) is 0 Å². The van der Waals surface area contributed by atoms with Crippen LogP contribution in [0.15, 0.2) is 53.5 Å². The number of rotatable bonds is 18. The molecule has 0 aromatic heterocycles. The lowest BCUT2D eigenvalue weighted by molar-refractivity contribution is -0.130. The van der Waals surface area contributed by atoms with Gasteiger partial charge >= 0.3 is 0 Å². The fourth-order valence-electron chi connectivity index (χ4n) is 8.83. The number of hydrogen-bond acceptors (Lipinski definition) is 6. The van der Waals surface area contributed by atoms with Crippen LogP contribution in [-0.4, -0.2) is 78.4 Å². The topological polar surface area (TPSA) is 149 Å². The predicted octanol–water partition coefficient (Wildman–Crippen LogP) is 4.97. The molecule has 3 amide bonds. The molecule has 0 spiro atoms. The summed E-state index contributed by atoms with van der Waals surface area (Å²) in [7, 11) is 0. The number of phenolic OH excluding ortho intramolecular Hbond substituents is 1. The molecule has 2 aliphatic carbocycles. The standard InChI is InChI=1S/C42H62N6O4/c1-6-13-37(43)44-19-11-8-12-20-45-39(51)35(22-28(2)3)47-38(50)26-46-40(52)42(31-14-9-7-10-15-31)25-32(42)27-48-21-18-41(5)29(4)36(48)23-30-16-17-33(49)24-34(30)41/h7,9-10,14-17,24,28-29,32,35-36,49H,6,8,11-13,18-23,25-27H2,1-5H3,(H2,43,44)(H,45,51)(H,46,52)(H,47,50)/t29-,32-,35+,36-,41-,42+/m1/s1. The van der Waals surface area contributed by atoms with E-state index < -0.39 is 11.5 Å². The van der Waals surface area contributed by atoms with E-state index in [4.69, 9.17) is 5.73 Å². The number of carbonyl (C=O) groups excluding carboxylic acids is 3. The van der Waals surface area contributed by atoms with Gasteiger partial charge < -0.3 is 26.8 Å². The number of amides is 3. The Morgan fingerprint density at radius 2 is 1.85 bits per heavy atom. The van der Waals surface area contributed by atoms with Crippen molar-refractivity contribution in [2.75, 3.05) is 32.7 Å². The van der Waals surface area contributed by atoms with E-state index in [1.165, 1.54) is 11.1 Å². The minimum absolute atomic E-state index is 0.00115. The summed E-state index contributed by atoms with van der Waals surface area (Å²) in [6, 6.07) is 15.5. The van der Waals surface area contributed by atoms with E-state index in [0.717, 1.165) is 70.0 Å². The molecule has 2 aromatic rings. The lowest BCUT2D eigenvalue weighted by Gasteiger charge is -2.55. The first-order valence-electron chi connectivity index (χ1n) is 19.6. The molecule has 2 bridgehead atoms. The SMILES string of the molecule is CCCC(N)=NCCCCCNC(=O)[C@H](CC(C)C)NC(=O)CNC(=O)[C@]1(c2ccccc2)C[C@@H]1CN1CC[C@@]2(C)c3cc(O)ccc3C[C@@H]1[C@H]2C. The number of likely N-dealkylation sites (tertiary alicyclic amines) is 1. The summed E-state index contributed by atoms with van der Waals surface area (Å²) < 4.78 is 0. The summed E-state index contributed by atoms with van der Waals surface area (Å²) in [5, 5.41) is 19.1. The van der Waals surface area contributed by atoms with Gasteiger partial charge in [-0.3, -0.25) is 24.3 Å². The number of fused-ring (bicyclic) bond motifs is 4. The van der Waals surface area contributed by atoms with E-state index in [-0.39, 0.29) is 41.5 Å². The lowest BCUT2D eigenvalue weighted by atomic mass is 9.59. The summed E-state index contributed by atoms with van der Waals surface area (Å²) in [6.07, 6.45) is 7.62. The van der Waals surface area contributed by atoms with Crippen molar-refractivity contribution in [2.45, 2.75) is 115 Å². The van der Waals surface area contributed by atoms with Crippen LogP contribution < -0.4 is 21.7 Å². The van der Waals surface area contributed by atoms with Crippen molar-refractivity contribution in [1.29, 1.82) is 0 Å². The van der Waals surface area contributed by atoms with Gasteiger partial charge in [-0.05, 0) is 110 Å². The quantitative estimate of drug-likeness (QED) is 0.0837. The summed E-state index contributed by atoms with van der Waals surface area (Å²) in [5.74, 6) is 1.05. The Hall–Kier alpha value is -3.92. The number of nitrogens with one attached hydrogen (secondary N) is 3. The number of amidine groups is 1. The number of aromatic hydroxyl groups is 1. The Bertz CT molecular complexity index is 1580. The van der Waals surface area contributed by atoms with Gasteiger partial charge in [0, 0.05) is 32.1 Å². The number of unbranched alkanes of at least 4 members (excludes halogenated alkanes) is 2. The molecule has 10 nitrogen and oxygen atoms in total. The molecule has 284 valence electrons. The van der Waals surface area contributed by atoms with Gasteiger partial charge in [-0.25, -0.2) is 0 Å². The van der Waals surface area contributed by atoms with Crippen molar-refractivity contribution in [3.05, 3.63) is 65.2 Å². The zero-order valence-electron chi connectivity index (χ0n) is 32.0. The predicted molar refractivity (Wildman–Crippen MR) is 207 cm³/mol. The van der Waals surface area contributed by atoms with Crippen molar-refractivity contribution in [1.82, 2.24) is 20.9 Å². The van der Waals surface area contributed by atoms with Gasteiger partial charge in [0.05, 0.1) is 17.8 Å². The highest BCUT2D eigenvalue weighted by atomic mass is 16.3. The molecule has 6 N–H and O–H groups in total. The Morgan fingerprint density at radius 3 is 2.58 bits per heavy atom. The molecule has 10 heteroatoms. The average Bonchev–Trinajstić information content (AvgIpc) is 3.84. The van der Waals surface area contributed by atoms with Gasteiger partial charge in [0.1, 0.15) is 11.8 Å². The fraction of sp³-hybridized carbons (Fsp3) is 0.619. The fourth-order valence-corrected chi connectivity index (χ4v) is 8.83. The zero-order chi connectivity index (χ0) is 37.5. The van der Waals surface area contributed by atoms with E-state index in [1.54, 1.807) is 6.07 Å². The Labute approximate surface area is 310 Å². The molecule has 3 aliphatic rings. The minimum atomic E-state index is -0.703. The van der Waals surface area contributed by atoms with Crippen LogP contribution >= 0.6 is 0 Å². The zero-order valence-corrected chi connectivity index (χ0v) is 32.0. The van der Waals surface area contributed by atoms with Crippen LogP contribution in [0.1, 0.15) is 103 Å². The number of nitrogens with zero attached hydrogens (tertiary/aromatic N) is 2. The van der Waals surface area contributed by atoms with E-state index in [0.29, 0.717) is 43.1 Å². The van der Waals surface area contributed by atoms with Crippen molar-refractivity contribution < 1.29 is 19.5 Å². The van der Waals surface area contributed by atoms with Gasteiger partial charge in [0.25, 0.3) is 0 Å². The molecule has 1 saturated heterocycles. The Balaban J connectivity index is 1.16. The highest BCUT2D eigenvalue weighted by molar-refractivity contribution is 5.95. The second-order valence-corrected chi connectivity index (χ2v) is 16.2. The lowest BCUT2D eigenvalue weighted by Crippen LogP contribution is -2.58. The molecule has 2 fully saturated rings. The van der Waals surface area contributed by atoms with Crippen LogP contribution in [-0.2, 0) is 31.6 Å². The van der Waals surface area contributed by atoms with Crippen LogP contribution in [0.25, 0.3) is 0 Å². The average molecular weight is 715 g/mol. The van der Waals surface area contributed by atoms with Gasteiger partial charge in [-0.15, -0.1) is 0 Å². The van der Waals surface area contributed by atoms with Crippen LogP contribution in [0.4, 0.5) is 0 Å². The smallest absolute Gasteiger partial charge is 0.242 e. The molecule has 1 heterocycles. The van der Waals surface area contributed by atoms with Gasteiger partial charge in [-0.2, -0.15) is 0 Å². The number of piperidine rings is 1. The normalized spacial score (nSPS) is 26.0. The number of carbonyl (C=O) groups is 3. The maximum atomic E-state index is 14.1. The highest BCUT2D eigenvalue weighted by Gasteiger charge is 2.62. The third-order valence-corrected chi connectivity index (χ3v) is 12.1. The number of benzene rings is 2. The first-order valence-corrected chi connectivity index (χ1v) is 19.6. The second kappa shape index (κ2) is 17.3. The van der Waals surface area contributed by atoms with Crippen LogP contribution in [0.2, 0.25) is 0 Å². The number of phenols is 1. The van der Waals surface area contributed by atoms with Gasteiger partial charge in [-0.1, -0.05) is 71.0 Å². The first-order chi connectivity index (χ1) is 24.9. The summed E-state index contributed by atoms with van der Waals surface area (Å²) in [4.78, 5) is 47.4. The van der Waals surface area contributed by atoms with Crippen LogP contribution in [0, 0.1) is 17.8 Å². The summed E-state index contributed by atoms with van der Waals surface area (Å²) in [6.45, 7) is 13.6. The Morgan fingerprint density at radius 1 is 1.08 bits per heavy atom. The second-order valence-electron chi connectivity index (χ2n) is 16.2. The molecule has 52 heavy (non-hydrogen) atoms. The number of aliphatic imine (C=N–C) groups is 1. The minimum Gasteiger partial charge on any atom is -0.508 e. The van der Waals surface area contributed by atoms with Crippen molar-refractivity contribution in [3.63, 3.8) is 0 Å². The molecule has 0 radical (unpaired) electrons. The number of hydrogen-bond donors (Lipinski definition) is 5. The first kappa shape index (κ1) is 39.3. The van der Waals surface area contributed by atoms with Crippen molar-refractivity contribution >= 4 is 23.6 Å². The summed E-state index contributed by atoms with van der Waals surface area (Å²) >= 11 is 0. The largest absolute Gasteiger partial charge is 0.508 e. The molecule has 6 atom stereocenters. The third kappa shape index (κ3) is 8.99. The van der Waals surface area contributed by atoms with Crippen LogP contribution in [0.5, 0.6) is 5.75 Å². The highest BCUT2D eigenvalue weighted by Crippen LogP contribution is 2.56. The molecule has 2 aromatic carbocycles. The van der Waals surface area contributed by atoms with Crippen molar-refractivity contribution in [3.8, 4) is 5.75 Å². The van der Waals surface area contributed by atoms with E-state index in [2.05, 4.69) is 52.7 Å². The van der Waals surface area contributed by atoms with Crippen LogP contribution in [0.3, 0.4) is 0 Å². The van der Waals surface area contributed by atoms with E-state index in [9.17, 15) is 19.5 Å². The third-order valence-electron chi connectivity index (χ3n) is 12.1.